The van der Waals surface area contributed by atoms with Crippen molar-refractivity contribution in [3.05, 3.63) is 34.7 Å². The highest BCUT2D eigenvalue weighted by atomic mass is 16.5. The molecule has 1 aliphatic heterocycles. The summed E-state index contributed by atoms with van der Waals surface area (Å²) in [6.07, 6.45) is 3.79. The van der Waals surface area contributed by atoms with Gasteiger partial charge < -0.3 is 24.5 Å². The predicted molar refractivity (Wildman–Crippen MR) is 117 cm³/mol. The third kappa shape index (κ3) is 3.27. The Labute approximate surface area is 175 Å². The van der Waals surface area contributed by atoms with E-state index < -0.39 is 11.5 Å². The summed E-state index contributed by atoms with van der Waals surface area (Å²) < 4.78 is 10.8. The highest BCUT2D eigenvalue weighted by molar-refractivity contribution is 6.27. The minimum atomic E-state index is -1.23. The largest absolute Gasteiger partial charge is 0.497 e. The molecule has 160 valence electrons. The lowest BCUT2D eigenvalue weighted by Gasteiger charge is -2.33. The fourth-order valence-corrected chi connectivity index (χ4v) is 3.88. The molecule has 1 fully saturated rings. The third-order valence-electron chi connectivity index (χ3n) is 5.52. The number of benzene rings is 1. The van der Waals surface area contributed by atoms with Crippen molar-refractivity contribution in [2.75, 3.05) is 32.8 Å². The van der Waals surface area contributed by atoms with Crippen LogP contribution >= 0.6 is 0 Å². The van der Waals surface area contributed by atoms with Crippen molar-refractivity contribution in [3.63, 3.8) is 0 Å². The Morgan fingerprint density at radius 2 is 1.87 bits per heavy atom. The maximum atomic E-state index is 13.6. The third-order valence-corrected chi connectivity index (χ3v) is 5.52. The summed E-state index contributed by atoms with van der Waals surface area (Å²) in [5, 5.41) is 11.9. The molecule has 0 amide bonds. The maximum Gasteiger partial charge on any atom is 0.178 e. The Morgan fingerprint density at radius 1 is 1.23 bits per heavy atom. The second-order valence-electron chi connectivity index (χ2n) is 7.22. The highest BCUT2D eigenvalue weighted by Gasteiger charge is 2.55. The van der Waals surface area contributed by atoms with Gasteiger partial charge in [-0.3, -0.25) is 9.79 Å². The molecule has 8 heteroatoms. The van der Waals surface area contributed by atoms with Gasteiger partial charge in [0.15, 0.2) is 5.78 Å². The molecular weight excluding hydrogens is 384 g/mol. The summed E-state index contributed by atoms with van der Waals surface area (Å²) in [7, 11) is 4.75. The van der Waals surface area contributed by atoms with Crippen molar-refractivity contribution in [1.82, 2.24) is 9.97 Å². The van der Waals surface area contributed by atoms with Crippen LogP contribution in [0.3, 0.4) is 0 Å². The smallest absolute Gasteiger partial charge is 0.178 e. The average molecular weight is 412 g/mol. The van der Waals surface area contributed by atoms with Gasteiger partial charge in [-0.25, -0.2) is 4.98 Å². The van der Waals surface area contributed by atoms with E-state index in [0.717, 1.165) is 10.7 Å². The average Bonchev–Trinajstić information content (AvgIpc) is 3.29. The molecule has 0 radical (unpaired) electrons. The van der Waals surface area contributed by atoms with Gasteiger partial charge in [0.05, 0.1) is 37.2 Å². The van der Waals surface area contributed by atoms with E-state index >= 15 is 0 Å². The molecule has 1 saturated heterocycles. The number of Topliss-reactive ketones (excluding diaryl/α,β-unsaturated/α-hetero) is 1. The number of carbonyl (C=O) groups is 1. The number of anilines is 1. The number of aliphatic imine (C=N–C) groups is 1. The van der Waals surface area contributed by atoms with Crippen molar-refractivity contribution in [1.29, 1.82) is 0 Å². The molecule has 2 heterocycles. The topological polar surface area (TPSA) is 100 Å². The summed E-state index contributed by atoms with van der Waals surface area (Å²) in [6.45, 7) is 5.11. The van der Waals surface area contributed by atoms with Crippen molar-refractivity contribution in [2.24, 2.45) is 4.99 Å². The molecule has 1 aliphatic rings. The minimum absolute atomic E-state index is 0.188. The van der Waals surface area contributed by atoms with Crippen LogP contribution in [0, 0.1) is 0 Å². The van der Waals surface area contributed by atoms with Gasteiger partial charge in [-0.15, -0.1) is 0 Å². The lowest BCUT2D eigenvalue weighted by Crippen LogP contribution is -2.50. The fourth-order valence-electron chi connectivity index (χ4n) is 3.88. The number of H-pyrrole nitrogens is 1. The van der Waals surface area contributed by atoms with Gasteiger partial charge >= 0.3 is 0 Å². The first-order valence-electron chi connectivity index (χ1n) is 9.72. The van der Waals surface area contributed by atoms with E-state index in [0.29, 0.717) is 28.8 Å². The van der Waals surface area contributed by atoms with Crippen molar-refractivity contribution >= 4 is 29.5 Å². The number of amidine groups is 1. The van der Waals surface area contributed by atoms with E-state index in [1.807, 2.05) is 26.0 Å². The molecule has 1 aromatic heterocycles. The molecule has 0 saturated carbocycles. The van der Waals surface area contributed by atoms with Crippen LogP contribution in [0.2, 0.25) is 0 Å². The molecule has 2 unspecified atom stereocenters. The number of rotatable bonds is 5. The summed E-state index contributed by atoms with van der Waals surface area (Å²) in [6, 6.07) is 5.32. The van der Waals surface area contributed by atoms with Gasteiger partial charge in [0.1, 0.15) is 34.6 Å². The lowest BCUT2D eigenvalue weighted by molar-refractivity contribution is -0.123. The Balaban J connectivity index is 2.24. The molecule has 2 aromatic rings. The number of methoxy groups -OCH3 is 2. The molecule has 0 bridgehead atoms. The number of ether oxygens (including phenoxy) is 2. The van der Waals surface area contributed by atoms with Crippen LogP contribution < -0.4 is 25.1 Å². The Kier molecular flexibility index (Phi) is 5.98. The second kappa shape index (κ2) is 8.31. The molecule has 2 N–H and O–H groups in total. The summed E-state index contributed by atoms with van der Waals surface area (Å²) in [4.78, 5) is 27.7. The zero-order chi connectivity index (χ0) is 22.1. The quantitative estimate of drug-likeness (QED) is 0.760. The number of aliphatic hydroxyl groups excluding tert-OH is 1. The van der Waals surface area contributed by atoms with Crippen LogP contribution in [0.25, 0.3) is 12.2 Å². The normalized spacial score (nSPS) is 24.2. The number of carbonyl (C=O) groups excluding carboxylic acids is 1. The van der Waals surface area contributed by atoms with Gasteiger partial charge in [-0.1, -0.05) is 12.2 Å². The number of ketones is 1. The van der Waals surface area contributed by atoms with E-state index in [9.17, 15) is 9.90 Å². The number of nitrogens with one attached hydrogen (secondary N) is 1. The van der Waals surface area contributed by atoms with Crippen LogP contribution in [-0.2, 0) is 4.79 Å². The summed E-state index contributed by atoms with van der Waals surface area (Å²) in [5.74, 6) is 1.20. The van der Waals surface area contributed by atoms with Crippen LogP contribution in [0.4, 0.5) is 5.69 Å². The van der Waals surface area contributed by atoms with Gasteiger partial charge in [0, 0.05) is 25.2 Å². The van der Waals surface area contributed by atoms with E-state index in [2.05, 4.69) is 15.0 Å². The fraction of sp³-hybridized carbons (Fsp3) is 0.409. The molecule has 1 aromatic carbocycles. The van der Waals surface area contributed by atoms with Gasteiger partial charge in [-0.05, 0) is 20.8 Å². The van der Waals surface area contributed by atoms with Crippen molar-refractivity contribution in [3.8, 4) is 11.5 Å². The number of nitrogens with zero attached hydrogens (tertiary/aromatic N) is 3. The molecule has 2 atom stereocenters. The maximum absolute atomic E-state index is 13.6. The first-order valence-corrected chi connectivity index (χ1v) is 9.72. The molecule has 30 heavy (non-hydrogen) atoms. The second-order valence-corrected chi connectivity index (χ2v) is 7.22. The number of hydrogen-bond acceptors (Lipinski definition) is 6. The van der Waals surface area contributed by atoms with Crippen molar-refractivity contribution < 1.29 is 19.4 Å². The Bertz CT molecular complexity index is 1050. The zero-order valence-electron chi connectivity index (χ0n) is 18.2. The summed E-state index contributed by atoms with van der Waals surface area (Å²) >= 11 is 0. The van der Waals surface area contributed by atoms with E-state index in [-0.39, 0.29) is 12.4 Å². The van der Waals surface area contributed by atoms with Gasteiger partial charge in [0.2, 0.25) is 0 Å². The first kappa shape index (κ1) is 21.6. The SMILES string of the molecule is C/C=c1/nc(C2C(=O)C(C)(CO)N(c3cc(OC)cc(OC)c3)C2=NC)[nH]/c1=C/C. The van der Waals surface area contributed by atoms with E-state index in [1.165, 1.54) is 0 Å². The van der Waals surface area contributed by atoms with Crippen molar-refractivity contribution in [2.45, 2.75) is 32.2 Å². The first-order chi connectivity index (χ1) is 14.4. The van der Waals surface area contributed by atoms with Crippen LogP contribution in [-0.4, -0.2) is 60.1 Å². The molecule has 3 rings (SSSR count). The monoisotopic (exact) mass is 412 g/mol. The van der Waals surface area contributed by atoms with E-state index in [1.54, 1.807) is 51.3 Å². The standard InChI is InChI=1S/C22H28N4O4/c1-7-16-17(8-2)25-20(24-16)18-19(28)22(3,12-27)26(21(18)23-4)13-9-14(29-5)11-15(10-13)30-6/h7-11,18,27H,12H2,1-6H3,(H,24,25)/b16-7+,17-8+,23-21?. The molecule has 0 aliphatic carbocycles. The van der Waals surface area contributed by atoms with Crippen LogP contribution in [0.5, 0.6) is 11.5 Å². The number of hydrogen-bond donors (Lipinski definition) is 2. The number of aromatic nitrogens is 2. The van der Waals surface area contributed by atoms with Gasteiger partial charge in [0.25, 0.3) is 0 Å². The number of imidazole rings is 1. The zero-order valence-corrected chi connectivity index (χ0v) is 18.2. The predicted octanol–water partition coefficient (Wildman–Crippen LogP) is 0.980. The van der Waals surface area contributed by atoms with E-state index in [4.69, 9.17) is 9.47 Å². The highest BCUT2D eigenvalue weighted by Crippen LogP contribution is 2.41. The minimum Gasteiger partial charge on any atom is -0.497 e. The van der Waals surface area contributed by atoms with Crippen LogP contribution in [0.1, 0.15) is 32.5 Å². The Morgan fingerprint density at radius 3 is 2.30 bits per heavy atom. The molecular formula is C22H28N4O4. The molecule has 8 nitrogen and oxygen atoms in total. The van der Waals surface area contributed by atoms with Gasteiger partial charge in [-0.2, -0.15) is 0 Å². The van der Waals surface area contributed by atoms with Crippen LogP contribution in [0.15, 0.2) is 23.2 Å². The lowest BCUT2D eigenvalue weighted by atomic mass is 9.92. The summed E-state index contributed by atoms with van der Waals surface area (Å²) in [5.41, 5.74) is -0.592. The number of aromatic amines is 1. The molecule has 0 spiro atoms. The Hall–Kier alpha value is -3.13. The number of aliphatic hydroxyl groups is 1.